The van der Waals surface area contributed by atoms with Crippen molar-refractivity contribution in [3.63, 3.8) is 0 Å². The van der Waals surface area contributed by atoms with Crippen LogP contribution in [0, 0.1) is 0 Å². The Morgan fingerprint density at radius 2 is 2.09 bits per heavy atom. The normalized spacial score (nSPS) is 16.7. The van der Waals surface area contributed by atoms with Gasteiger partial charge in [-0.2, -0.15) is 0 Å². The molecule has 0 aliphatic carbocycles. The minimum Gasteiger partial charge on any atom is -0.491 e. The highest BCUT2D eigenvalue weighted by atomic mass is 32.1. The van der Waals surface area contributed by atoms with E-state index in [1.54, 1.807) is 29.2 Å². The highest BCUT2D eigenvalue weighted by molar-refractivity contribution is 7.80. The number of unbranched alkanes of at least 4 members (excludes halogenated alkanes) is 2. The van der Waals surface area contributed by atoms with Crippen LogP contribution in [-0.2, 0) is 14.3 Å². The minimum atomic E-state index is -0.824. The summed E-state index contributed by atoms with van der Waals surface area (Å²) in [6.45, 7) is 7.13. The van der Waals surface area contributed by atoms with Gasteiger partial charge in [-0.15, -0.1) is 0 Å². The number of carbonyl (C=O) groups excluding carboxylic acids is 3. The third kappa shape index (κ3) is 7.78. The fraction of sp³-hybridized carbons (Fsp3) is 0.565. The van der Waals surface area contributed by atoms with Crippen LogP contribution in [0.5, 0.6) is 5.75 Å². The maximum atomic E-state index is 12.7. The van der Waals surface area contributed by atoms with Gasteiger partial charge >= 0.3 is 5.97 Å². The number of nitrogens with one attached hydrogen (secondary N) is 2. The molecule has 2 atom stereocenters. The first-order valence-corrected chi connectivity index (χ1v) is 11.6. The van der Waals surface area contributed by atoms with Crippen LogP contribution < -0.4 is 15.4 Å². The number of ether oxygens (including phenoxy) is 2. The van der Waals surface area contributed by atoms with E-state index in [9.17, 15) is 14.4 Å². The predicted molar refractivity (Wildman–Crippen MR) is 125 cm³/mol. The first kappa shape index (κ1) is 25.6. The second kappa shape index (κ2) is 13.0. The fourth-order valence-corrected chi connectivity index (χ4v) is 3.49. The van der Waals surface area contributed by atoms with Crippen molar-refractivity contribution >= 4 is 35.1 Å². The van der Waals surface area contributed by atoms with E-state index < -0.39 is 17.9 Å². The van der Waals surface area contributed by atoms with Gasteiger partial charge in [0, 0.05) is 18.7 Å². The number of hydrogen-bond donors (Lipinski definition) is 2. The fourth-order valence-electron chi connectivity index (χ4n) is 3.18. The molecule has 2 unspecified atom stereocenters. The molecule has 0 radical (unpaired) electrons. The Hall–Kier alpha value is -2.68. The van der Waals surface area contributed by atoms with Gasteiger partial charge in [0.2, 0.25) is 5.91 Å². The van der Waals surface area contributed by atoms with Crippen molar-refractivity contribution in [2.24, 2.45) is 0 Å². The highest BCUT2D eigenvalue weighted by Gasteiger charge is 2.34. The van der Waals surface area contributed by atoms with Crippen LogP contribution in [0.4, 0.5) is 0 Å². The molecule has 0 spiro atoms. The van der Waals surface area contributed by atoms with Gasteiger partial charge in [-0.05, 0) is 50.2 Å². The zero-order valence-corrected chi connectivity index (χ0v) is 19.8. The summed E-state index contributed by atoms with van der Waals surface area (Å²) in [6.07, 6.45) is 3.53. The Bertz CT molecular complexity index is 817. The summed E-state index contributed by atoms with van der Waals surface area (Å²) in [7, 11) is 0. The van der Waals surface area contributed by atoms with Gasteiger partial charge in [-0.25, -0.2) is 0 Å². The van der Waals surface area contributed by atoms with Gasteiger partial charge in [-0.1, -0.05) is 32.8 Å². The van der Waals surface area contributed by atoms with Crippen molar-refractivity contribution in [3.8, 4) is 5.75 Å². The van der Waals surface area contributed by atoms with Crippen molar-refractivity contribution < 1.29 is 23.9 Å². The molecule has 1 aromatic carbocycles. The quantitative estimate of drug-likeness (QED) is 0.313. The van der Waals surface area contributed by atoms with Crippen molar-refractivity contribution in [2.75, 3.05) is 19.7 Å². The number of carbonyl (C=O) groups is 3. The average molecular weight is 464 g/mol. The highest BCUT2D eigenvalue weighted by Crippen LogP contribution is 2.17. The van der Waals surface area contributed by atoms with E-state index in [4.69, 9.17) is 21.7 Å². The van der Waals surface area contributed by atoms with Gasteiger partial charge < -0.3 is 19.7 Å². The second-order valence-electron chi connectivity index (χ2n) is 7.76. The van der Waals surface area contributed by atoms with Crippen molar-refractivity contribution in [1.82, 2.24) is 15.5 Å². The lowest BCUT2D eigenvalue weighted by molar-refractivity contribution is -0.147. The maximum Gasteiger partial charge on any atom is 0.308 e. The lowest BCUT2D eigenvalue weighted by Gasteiger charge is -2.36. The molecular weight excluding hydrogens is 430 g/mol. The van der Waals surface area contributed by atoms with Crippen LogP contribution in [0.15, 0.2) is 24.3 Å². The van der Waals surface area contributed by atoms with Crippen LogP contribution in [-0.4, -0.2) is 59.6 Å². The molecule has 0 aromatic heterocycles. The number of amides is 2. The second-order valence-corrected chi connectivity index (χ2v) is 8.14. The van der Waals surface area contributed by atoms with Gasteiger partial charge in [0.05, 0.1) is 19.1 Å². The monoisotopic (exact) mass is 463 g/mol. The molecular formula is C23H33N3O5S. The molecule has 1 fully saturated rings. The Labute approximate surface area is 195 Å². The van der Waals surface area contributed by atoms with Crippen molar-refractivity contribution in [1.29, 1.82) is 0 Å². The van der Waals surface area contributed by atoms with E-state index in [1.165, 1.54) is 0 Å². The molecule has 9 heteroatoms. The minimum absolute atomic E-state index is 0.0312. The number of nitrogens with zero attached hydrogens (tertiary/aromatic N) is 1. The molecule has 1 aliphatic heterocycles. The largest absolute Gasteiger partial charge is 0.491 e. The van der Waals surface area contributed by atoms with E-state index in [0.29, 0.717) is 31.0 Å². The number of rotatable bonds is 10. The average Bonchev–Trinajstić information content (AvgIpc) is 2.78. The zero-order valence-electron chi connectivity index (χ0n) is 19.0. The molecule has 8 nitrogen and oxygen atoms in total. The standard InChI is InChI=1S/C23H33N3O5S/c1-4-6-7-13-30-20(27)15-19-22(29)24-11-12-26(19)23(32)25-21(28)17-9-8-10-18(14-17)31-16(3)5-2/h8-10,14,16,19H,4-7,11-13,15H2,1-3H3,(H,24,29)(H,25,28,32). The van der Waals surface area contributed by atoms with E-state index in [2.05, 4.69) is 17.6 Å². The molecule has 0 bridgehead atoms. The summed E-state index contributed by atoms with van der Waals surface area (Å²) in [5, 5.41) is 5.51. The first-order chi connectivity index (χ1) is 15.3. The lowest BCUT2D eigenvalue weighted by atomic mass is 10.1. The van der Waals surface area contributed by atoms with E-state index in [-0.39, 0.29) is 23.5 Å². The smallest absolute Gasteiger partial charge is 0.308 e. The number of esters is 1. The van der Waals surface area contributed by atoms with Crippen LogP contribution in [0.3, 0.4) is 0 Å². The topological polar surface area (TPSA) is 97.0 Å². The summed E-state index contributed by atoms with van der Waals surface area (Å²) in [5.74, 6) is -0.588. The Kier molecular flexibility index (Phi) is 10.4. The molecule has 1 heterocycles. The van der Waals surface area contributed by atoms with E-state index >= 15 is 0 Å². The number of thiocarbonyl (C=S) groups is 1. The first-order valence-electron chi connectivity index (χ1n) is 11.2. The number of hydrogen-bond acceptors (Lipinski definition) is 6. The number of benzene rings is 1. The number of piperazine rings is 1. The van der Waals surface area contributed by atoms with E-state index in [0.717, 1.165) is 25.7 Å². The molecule has 176 valence electrons. The third-order valence-electron chi connectivity index (χ3n) is 5.19. The summed E-state index contributed by atoms with van der Waals surface area (Å²) < 4.78 is 11.0. The molecule has 32 heavy (non-hydrogen) atoms. The molecule has 1 aromatic rings. The van der Waals surface area contributed by atoms with Gasteiger partial charge in [0.25, 0.3) is 5.91 Å². The molecule has 2 N–H and O–H groups in total. The van der Waals surface area contributed by atoms with Gasteiger partial charge in [-0.3, -0.25) is 19.7 Å². The van der Waals surface area contributed by atoms with Gasteiger partial charge in [0.15, 0.2) is 5.11 Å². The zero-order chi connectivity index (χ0) is 23.5. The molecule has 2 rings (SSSR count). The summed E-state index contributed by atoms with van der Waals surface area (Å²) in [4.78, 5) is 38.9. The van der Waals surface area contributed by atoms with Crippen molar-refractivity contribution in [3.05, 3.63) is 29.8 Å². The van der Waals surface area contributed by atoms with Crippen molar-refractivity contribution in [2.45, 2.75) is 65.0 Å². The summed E-state index contributed by atoms with van der Waals surface area (Å²) in [6, 6.07) is 6.02. The Morgan fingerprint density at radius 3 is 2.81 bits per heavy atom. The molecule has 1 aliphatic rings. The van der Waals surface area contributed by atoms with Crippen LogP contribution in [0.1, 0.15) is 63.2 Å². The third-order valence-corrected chi connectivity index (χ3v) is 5.53. The molecule has 2 amide bonds. The van der Waals surface area contributed by atoms with E-state index in [1.807, 2.05) is 13.8 Å². The summed E-state index contributed by atoms with van der Waals surface area (Å²) >= 11 is 5.41. The van der Waals surface area contributed by atoms with Crippen LogP contribution >= 0.6 is 12.2 Å². The lowest BCUT2D eigenvalue weighted by Crippen LogP contribution is -2.60. The molecule has 0 saturated carbocycles. The van der Waals surface area contributed by atoms with Crippen LogP contribution in [0.2, 0.25) is 0 Å². The Morgan fingerprint density at radius 1 is 1.31 bits per heavy atom. The molecule has 1 saturated heterocycles. The predicted octanol–water partition coefficient (Wildman–Crippen LogP) is 2.80. The summed E-state index contributed by atoms with van der Waals surface area (Å²) in [5.41, 5.74) is 0.390. The Balaban J connectivity index is 2.00. The SMILES string of the molecule is CCCCCOC(=O)CC1C(=O)NCCN1C(=S)NC(=O)c1cccc(OC(C)CC)c1. The van der Waals surface area contributed by atoms with Gasteiger partial charge in [0.1, 0.15) is 11.8 Å². The van der Waals surface area contributed by atoms with Crippen LogP contribution in [0.25, 0.3) is 0 Å². The maximum absolute atomic E-state index is 12.7.